The number of nitrogens with zero attached hydrogens (tertiary/aromatic N) is 2. The fraction of sp³-hybridized carbons (Fsp3) is 0.304. The van der Waals surface area contributed by atoms with Crippen molar-refractivity contribution >= 4 is 23.8 Å². The van der Waals surface area contributed by atoms with Gasteiger partial charge in [-0.05, 0) is 37.1 Å². The molecule has 9 heteroatoms. The Morgan fingerprint density at radius 2 is 1.75 bits per heavy atom. The van der Waals surface area contributed by atoms with Crippen molar-refractivity contribution in [1.29, 1.82) is 0 Å². The maximum absolute atomic E-state index is 13.0. The summed E-state index contributed by atoms with van der Waals surface area (Å²) < 4.78 is 13.0. The minimum Gasteiger partial charge on any atom is -0.350 e. The molecule has 3 rings (SSSR count). The van der Waals surface area contributed by atoms with Gasteiger partial charge in [-0.2, -0.15) is 0 Å². The molecule has 5 amide bonds. The number of amides is 5. The average molecular weight is 440 g/mol. The van der Waals surface area contributed by atoms with Gasteiger partial charge in [0.15, 0.2) is 0 Å². The van der Waals surface area contributed by atoms with E-state index in [4.69, 9.17) is 0 Å². The molecule has 0 aliphatic carbocycles. The smallest absolute Gasteiger partial charge is 0.325 e. The second kappa shape index (κ2) is 9.59. The van der Waals surface area contributed by atoms with E-state index >= 15 is 0 Å². The van der Waals surface area contributed by atoms with Gasteiger partial charge in [-0.15, -0.1) is 0 Å². The maximum Gasteiger partial charge on any atom is 0.325 e. The Labute approximate surface area is 185 Å². The molecule has 2 N–H and O–H groups in total. The summed E-state index contributed by atoms with van der Waals surface area (Å²) in [4.78, 5) is 52.5. The predicted octanol–water partition coefficient (Wildman–Crippen LogP) is 1.76. The average Bonchev–Trinajstić information content (AvgIpc) is 3.01. The van der Waals surface area contributed by atoms with E-state index in [1.54, 1.807) is 56.3 Å². The highest BCUT2D eigenvalue weighted by Gasteiger charge is 2.49. The summed E-state index contributed by atoms with van der Waals surface area (Å²) in [5.41, 5.74) is 0.0665. The lowest BCUT2D eigenvalue weighted by molar-refractivity contribution is -0.140. The molecule has 1 atom stereocenters. The Hall–Kier alpha value is -3.75. The van der Waals surface area contributed by atoms with Crippen LogP contribution in [-0.2, 0) is 26.5 Å². The molecule has 1 fully saturated rings. The van der Waals surface area contributed by atoms with Crippen LogP contribution in [0.3, 0.4) is 0 Å². The van der Waals surface area contributed by atoms with Gasteiger partial charge >= 0.3 is 6.03 Å². The van der Waals surface area contributed by atoms with Crippen LogP contribution >= 0.6 is 0 Å². The molecule has 2 aromatic carbocycles. The topological polar surface area (TPSA) is 98.8 Å². The molecule has 0 bridgehead atoms. The Bertz CT molecular complexity index is 1010. The number of hydrogen-bond donors (Lipinski definition) is 2. The van der Waals surface area contributed by atoms with Crippen LogP contribution in [0.4, 0.5) is 9.18 Å². The van der Waals surface area contributed by atoms with Crippen LogP contribution in [0.2, 0.25) is 0 Å². The van der Waals surface area contributed by atoms with E-state index in [0.29, 0.717) is 11.1 Å². The Morgan fingerprint density at radius 3 is 2.38 bits per heavy atom. The van der Waals surface area contributed by atoms with Crippen molar-refractivity contribution in [2.45, 2.75) is 25.9 Å². The highest BCUT2D eigenvalue weighted by molar-refractivity contribution is 6.09. The molecule has 0 aromatic heterocycles. The zero-order chi connectivity index (χ0) is 23.3. The molecular weight excluding hydrogens is 415 g/mol. The third-order valence-electron chi connectivity index (χ3n) is 5.39. The zero-order valence-electron chi connectivity index (χ0n) is 17.9. The van der Waals surface area contributed by atoms with Crippen molar-refractivity contribution in [2.24, 2.45) is 0 Å². The number of urea groups is 1. The van der Waals surface area contributed by atoms with Crippen LogP contribution in [0.5, 0.6) is 0 Å². The first-order valence-corrected chi connectivity index (χ1v) is 10.2. The number of carbonyl (C=O) groups is 4. The summed E-state index contributed by atoms with van der Waals surface area (Å²) in [6.45, 7) is 3.01. The van der Waals surface area contributed by atoms with Gasteiger partial charge in [-0.3, -0.25) is 19.3 Å². The van der Waals surface area contributed by atoms with Crippen molar-refractivity contribution in [2.75, 3.05) is 19.6 Å². The summed E-state index contributed by atoms with van der Waals surface area (Å²) >= 11 is 0. The SMILES string of the molecule is CCN(CC(=O)NCc1ccc(F)cc1)C(=O)CN1C(=O)N[C@](C)(c2ccccc2)C1=O. The molecule has 0 saturated carbocycles. The molecule has 1 aliphatic heterocycles. The molecule has 8 nitrogen and oxygen atoms in total. The monoisotopic (exact) mass is 440 g/mol. The van der Waals surface area contributed by atoms with Crippen LogP contribution in [0.25, 0.3) is 0 Å². The van der Waals surface area contributed by atoms with Gasteiger partial charge < -0.3 is 15.5 Å². The fourth-order valence-corrected chi connectivity index (χ4v) is 3.45. The van der Waals surface area contributed by atoms with Gasteiger partial charge in [-0.1, -0.05) is 42.5 Å². The zero-order valence-corrected chi connectivity index (χ0v) is 17.9. The number of benzene rings is 2. The molecule has 1 saturated heterocycles. The van der Waals surface area contributed by atoms with Gasteiger partial charge in [0.05, 0.1) is 6.54 Å². The number of rotatable bonds is 8. The van der Waals surface area contributed by atoms with Crippen LogP contribution < -0.4 is 10.6 Å². The molecule has 32 heavy (non-hydrogen) atoms. The van der Waals surface area contributed by atoms with Crippen LogP contribution in [0, 0.1) is 5.82 Å². The first-order chi connectivity index (χ1) is 15.2. The Morgan fingerprint density at radius 1 is 1.09 bits per heavy atom. The second-order valence-electron chi connectivity index (χ2n) is 7.62. The van der Waals surface area contributed by atoms with Gasteiger partial charge in [0.25, 0.3) is 5.91 Å². The predicted molar refractivity (Wildman–Crippen MR) is 115 cm³/mol. The van der Waals surface area contributed by atoms with Crippen LogP contribution in [0.1, 0.15) is 25.0 Å². The number of hydrogen-bond acceptors (Lipinski definition) is 4. The van der Waals surface area contributed by atoms with Crippen LogP contribution in [0.15, 0.2) is 54.6 Å². The Kier molecular flexibility index (Phi) is 6.87. The minimum absolute atomic E-state index is 0.188. The molecule has 0 spiro atoms. The normalized spacial score (nSPS) is 17.8. The minimum atomic E-state index is -1.26. The van der Waals surface area contributed by atoms with E-state index < -0.39 is 35.8 Å². The first kappa shape index (κ1) is 22.9. The van der Waals surface area contributed by atoms with Crippen molar-refractivity contribution in [3.8, 4) is 0 Å². The largest absolute Gasteiger partial charge is 0.350 e. The van der Waals surface area contributed by atoms with E-state index in [-0.39, 0.29) is 25.5 Å². The summed E-state index contributed by atoms with van der Waals surface area (Å²) in [5, 5.41) is 5.32. The molecule has 1 aliphatic rings. The highest BCUT2D eigenvalue weighted by Crippen LogP contribution is 2.28. The van der Waals surface area contributed by atoms with Gasteiger partial charge in [0.2, 0.25) is 11.8 Å². The van der Waals surface area contributed by atoms with E-state index in [1.165, 1.54) is 17.0 Å². The fourth-order valence-electron chi connectivity index (χ4n) is 3.45. The van der Waals surface area contributed by atoms with E-state index in [9.17, 15) is 23.6 Å². The Balaban J connectivity index is 1.59. The lowest BCUT2D eigenvalue weighted by Gasteiger charge is -2.24. The quantitative estimate of drug-likeness (QED) is 0.611. The molecule has 1 heterocycles. The molecule has 0 unspecified atom stereocenters. The number of imide groups is 1. The number of halogens is 1. The third kappa shape index (κ3) is 4.93. The van der Waals surface area contributed by atoms with E-state index in [0.717, 1.165) is 4.90 Å². The maximum atomic E-state index is 13.0. The van der Waals surface area contributed by atoms with Crippen LogP contribution in [-0.4, -0.2) is 53.2 Å². The van der Waals surface area contributed by atoms with Gasteiger partial charge in [0, 0.05) is 13.1 Å². The van der Waals surface area contributed by atoms with Gasteiger partial charge in [-0.25, -0.2) is 9.18 Å². The number of nitrogens with one attached hydrogen (secondary N) is 2. The highest BCUT2D eigenvalue weighted by atomic mass is 19.1. The molecule has 2 aromatic rings. The van der Waals surface area contributed by atoms with Gasteiger partial charge in [0.1, 0.15) is 17.9 Å². The molecule has 168 valence electrons. The summed E-state index contributed by atoms with van der Waals surface area (Å²) in [6.07, 6.45) is 0. The van der Waals surface area contributed by atoms with E-state index in [2.05, 4.69) is 10.6 Å². The summed E-state index contributed by atoms with van der Waals surface area (Å²) in [6, 6.07) is 13.8. The first-order valence-electron chi connectivity index (χ1n) is 10.2. The standard InChI is InChI=1S/C23H25FN4O4/c1-3-27(14-19(29)25-13-16-9-11-18(24)12-10-16)20(30)15-28-21(31)23(2,26-22(28)32)17-7-5-4-6-8-17/h4-12H,3,13-15H2,1-2H3,(H,25,29)(H,26,32)/t23-/m1/s1. The molecular formula is C23H25FN4O4. The van der Waals surface area contributed by atoms with Crippen molar-refractivity contribution in [3.05, 3.63) is 71.5 Å². The van der Waals surface area contributed by atoms with Crippen molar-refractivity contribution in [1.82, 2.24) is 20.4 Å². The second-order valence-corrected chi connectivity index (χ2v) is 7.62. The number of carbonyl (C=O) groups excluding carboxylic acids is 4. The van der Waals surface area contributed by atoms with E-state index in [1.807, 2.05) is 0 Å². The lowest BCUT2D eigenvalue weighted by Crippen LogP contribution is -2.47. The number of likely N-dealkylation sites (N-methyl/N-ethyl adjacent to an activating group) is 1. The summed E-state index contributed by atoms with van der Waals surface area (Å²) in [7, 11) is 0. The van der Waals surface area contributed by atoms with Crippen molar-refractivity contribution < 1.29 is 23.6 Å². The van der Waals surface area contributed by atoms with Crippen molar-refractivity contribution in [3.63, 3.8) is 0 Å². The lowest BCUT2D eigenvalue weighted by atomic mass is 9.92. The third-order valence-corrected chi connectivity index (χ3v) is 5.39. The molecule has 0 radical (unpaired) electrons. The summed E-state index contributed by atoms with van der Waals surface area (Å²) in [5.74, 6) is -1.83.